The molecule has 0 aliphatic carbocycles. The van der Waals surface area contributed by atoms with E-state index in [0.29, 0.717) is 37.6 Å². The van der Waals surface area contributed by atoms with E-state index in [4.69, 9.17) is 5.11 Å². The number of rotatable bonds is 4. The molecule has 5 nitrogen and oxygen atoms in total. The summed E-state index contributed by atoms with van der Waals surface area (Å²) in [7, 11) is -3.40. The molecule has 1 aromatic carbocycles. The van der Waals surface area contributed by atoms with Gasteiger partial charge in [0.1, 0.15) is 0 Å². The first-order chi connectivity index (χ1) is 9.45. The number of hydrogen-bond donors (Lipinski definition) is 1. The van der Waals surface area contributed by atoms with Crippen LogP contribution in [0.2, 0.25) is 0 Å². The van der Waals surface area contributed by atoms with Crippen molar-refractivity contribution in [1.29, 1.82) is 0 Å². The summed E-state index contributed by atoms with van der Waals surface area (Å²) in [6.45, 7) is 6.82. The molecule has 1 aliphatic rings. The molecule has 1 heterocycles. The second-order valence-corrected chi connectivity index (χ2v) is 7.14. The van der Waals surface area contributed by atoms with Crippen molar-refractivity contribution in [3.63, 3.8) is 0 Å². The Balaban J connectivity index is 2.15. The fourth-order valence-corrected chi connectivity index (χ4v) is 4.19. The van der Waals surface area contributed by atoms with Crippen molar-refractivity contribution in [2.75, 3.05) is 39.3 Å². The van der Waals surface area contributed by atoms with Crippen molar-refractivity contribution in [3.8, 4) is 0 Å². The maximum atomic E-state index is 12.6. The Morgan fingerprint density at radius 1 is 1.15 bits per heavy atom. The Morgan fingerprint density at radius 2 is 1.80 bits per heavy atom. The van der Waals surface area contributed by atoms with Gasteiger partial charge in [-0.05, 0) is 25.5 Å². The largest absolute Gasteiger partial charge is 0.395 e. The third kappa shape index (κ3) is 3.20. The maximum absolute atomic E-state index is 12.6. The standard InChI is InChI=1S/C14H22N2O3S/c1-12-3-4-14(13(2)11-12)20(18,19)16-7-5-15(6-8-16)9-10-17/h3-4,11,17H,5-10H2,1-2H3. The normalized spacial score (nSPS) is 18.4. The fourth-order valence-electron chi connectivity index (χ4n) is 2.56. The van der Waals surface area contributed by atoms with Gasteiger partial charge >= 0.3 is 0 Å². The molecular formula is C14H22N2O3S. The number of benzene rings is 1. The zero-order valence-electron chi connectivity index (χ0n) is 12.0. The number of aryl methyl sites for hydroxylation is 2. The van der Waals surface area contributed by atoms with Crippen molar-refractivity contribution >= 4 is 10.0 Å². The van der Waals surface area contributed by atoms with Crippen molar-refractivity contribution in [1.82, 2.24) is 9.21 Å². The zero-order valence-corrected chi connectivity index (χ0v) is 12.9. The van der Waals surface area contributed by atoms with Gasteiger partial charge in [0.2, 0.25) is 10.0 Å². The fraction of sp³-hybridized carbons (Fsp3) is 0.571. The Hall–Kier alpha value is -0.950. The summed E-state index contributed by atoms with van der Waals surface area (Å²) < 4.78 is 26.8. The quantitative estimate of drug-likeness (QED) is 0.884. The van der Waals surface area contributed by atoms with E-state index in [9.17, 15) is 8.42 Å². The van der Waals surface area contributed by atoms with Gasteiger partial charge in [0.15, 0.2) is 0 Å². The second-order valence-electron chi connectivity index (χ2n) is 5.24. The lowest BCUT2D eigenvalue weighted by Crippen LogP contribution is -2.49. The van der Waals surface area contributed by atoms with Crippen LogP contribution in [0, 0.1) is 13.8 Å². The molecule has 1 N–H and O–H groups in total. The Kier molecular flexibility index (Phi) is 4.80. The lowest BCUT2D eigenvalue weighted by atomic mass is 10.2. The highest BCUT2D eigenvalue weighted by molar-refractivity contribution is 7.89. The molecule has 2 rings (SSSR count). The topological polar surface area (TPSA) is 60.9 Å². The average molecular weight is 298 g/mol. The van der Waals surface area contributed by atoms with Crippen LogP contribution < -0.4 is 0 Å². The minimum absolute atomic E-state index is 0.115. The van der Waals surface area contributed by atoms with Gasteiger partial charge in [-0.1, -0.05) is 17.7 Å². The molecule has 112 valence electrons. The molecule has 1 fully saturated rings. The van der Waals surface area contributed by atoms with E-state index in [1.165, 1.54) is 0 Å². The van der Waals surface area contributed by atoms with Gasteiger partial charge in [0.05, 0.1) is 11.5 Å². The highest BCUT2D eigenvalue weighted by Crippen LogP contribution is 2.22. The van der Waals surface area contributed by atoms with Gasteiger partial charge in [-0.15, -0.1) is 0 Å². The summed E-state index contributed by atoms with van der Waals surface area (Å²) in [5, 5.41) is 8.91. The van der Waals surface area contributed by atoms with Crippen LogP contribution in [0.5, 0.6) is 0 Å². The number of piperazine rings is 1. The summed E-state index contributed by atoms with van der Waals surface area (Å²) in [6, 6.07) is 5.43. The van der Waals surface area contributed by atoms with E-state index in [-0.39, 0.29) is 6.61 Å². The van der Waals surface area contributed by atoms with Gasteiger partial charge in [-0.25, -0.2) is 8.42 Å². The molecule has 0 radical (unpaired) electrons. The highest BCUT2D eigenvalue weighted by Gasteiger charge is 2.29. The first kappa shape index (κ1) is 15.4. The third-order valence-corrected chi connectivity index (χ3v) is 5.75. The molecule has 1 aliphatic heterocycles. The van der Waals surface area contributed by atoms with Crippen molar-refractivity contribution in [2.45, 2.75) is 18.7 Å². The number of sulfonamides is 1. The molecule has 0 atom stereocenters. The first-order valence-corrected chi connectivity index (χ1v) is 8.30. The van der Waals surface area contributed by atoms with E-state index in [1.807, 2.05) is 26.0 Å². The van der Waals surface area contributed by atoms with Crippen LogP contribution in [0.4, 0.5) is 0 Å². The summed E-state index contributed by atoms with van der Waals surface area (Å²) in [5.74, 6) is 0. The molecule has 0 spiro atoms. The number of β-amino-alcohol motifs (C(OH)–C–C–N with tert-alkyl or cyclic N) is 1. The molecule has 1 saturated heterocycles. The van der Waals surface area contributed by atoms with E-state index in [0.717, 1.165) is 11.1 Å². The highest BCUT2D eigenvalue weighted by atomic mass is 32.2. The van der Waals surface area contributed by atoms with E-state index in [2.05, 4.69) is 4.90 Å². The lowest BCUT2D eigenvalue weighted by molar-refractivity contribution is 0.151. The van der Waals surface area contributed by atoms with Crippen LogP contribution >= 0.6 is 0 Å². The second kappa shape index (κ2) is 6.22. The molecule has 20 heavy (non-hydrogen) atoms. The van der Waals surface area contributed by atoms with Crippen LogP contribution in [-0.2, 0) is 10.0 Å². The molecule has 0 unspecified atom stereocenters. The summed E-state index contributed by atoms with van der Waals surface area (Å²) in [6.07, 6.45) is 0. The molecule has 0 aromatic heterocycles. The number of aliphatic hydroxyl groups is 1. The molecule has 6 heteroatoms. The monoisotopic (exact) mass is 298 g/mol. The van der Waals surface area contributed by atoms with E-state index in [1.54, 1.807) is 10.4 Å². The summed E-state index contributed by atoms with van der Waals surface area (Å²) in [5.41, 5.74) is 1.86. The third-order valence-electron chi connectivity index (χ3n) is 3.70. The average Bonchev–Trinajstić information content (AvgIpc) is 2.39. The molecular weight excluding hydrogens is 276 g/mol. The number of aliphatic hydroxyl groups excluding tert-OH is 1. The number of hydrogen-bond acceptors (Lipinski definition) is 4. The lowest BCUT2D eigenvalue weighted by Gasteiger charge is -2.33. The molecule has 1 aromatic rings. The van der Waals surface area contributed by atoms with Crippen LogP contribution in [-0.4, -0.2) is 62.1 Å². The minimum Gasteiger partial charge on any atom is -0.395 e. The van der Waals surface area contributed by atoms with Gasteiger partial charge in [0.25, 0.3) is 0 Å². The zero-order chi connectivity index (χ0) is 14.8. The molecule has 0 bridgehead atoms. The van der Waals surface area contributed by atoms with E-state index >= 15 is 0 Å². The van der Waals surface area contributed by atoms with Gasteiger partial charge in [-0.3, -0.25) is 4.90 Å². The molecule has 0 amide bonds. The Morgan fingerprint density at radius 3 is 2.35 bits per heavy atom. The van der Waals surface area contributed by atoms with Crippen LogP contribution in [0.3, 0.4) is 0 Å². The van der Waals surface area contributed by atoms with Gasteiger partial charge in [-0.2, -0.15) is 4.31 Å². The van der Waals surface area contributed by atoms with Crippen LogP contribution in [0.1, 0.15) is 11.1 Å². The summed E-state index contributed by atoms with van der Waals surface area (Å²) >= 11 is 0. The van der Waals surface area contributed by atoms with Crippen molar-refractivity contribution in [3.05, 3.63) is 29.3 Å². The van der Waals surface area contributed by atoms with Crippen LogP contribution in [0.15, 0.2) is 23.1 Å². The predicted octanol–water partition coefficient (Wildman–Crippen LogP) is 0.602. The Labute approximate surface area is 120 Å². The van der Waals surface area contributed by atoms with Crippen LogP contribution in [0.25, 0.3) is 0 Å². The Bertz CT molecular complexity index is 564. The minimum atomic E-state index is -3.40. The smallest absolute Gasteiger partial charge is 0.243 e. The van der Waals surface area contributed by atoms with Crippen molar-refractivity contribution in [2.24, 2.45) is 0 Å². The number of nitrogens with zero attached hydrogens (tertiary/aromatic N) is 2. The van der Waals surface area contributed by atoms with Gasteiger partial charge < -0.3 is 5.11 Å². The first-order valence-electron chi connectivity index (χ1n) is 6.86. The van der Waals surface area contributed by atoms with E-state index < -0.39 is 10.0 Å². The SMILES string of the molecule is Cc1ccc(S(=O)(=O)N2CCN(CCO)CC2)c(C)c1. The maximum Gasteiger partial charge on any atom is 0.243 e. The van der Waals surface area contributed by atoms with Gasteiger partial charge in [0, 0.05) is 32.7 Å². The predicted molar refractivity (Wildman–Crippen MR) is 78.2 cm³/mol. The van der Waals surface area contributed by atoms with Crippen molar-refractivity contribution < 1.29 is 13.5 Å². The summed E-state index contributed by atoms with van der Waals surface area (Å²) in [4.78, 5) is 2.48. The molecule has 0 saturated carbocycles.